The number of hydrogen-bond donors (Lipinski definition) is 4. The summed E-state index contributed by atoms with van der Waals surface area (Å²) in [5.74, 6) is -1.57. The molecule has 0 heterocycles. The first kappa shape index (κ1) is 24.6. The lowest BCUT2D eigenvalue weighted by atomic mass is 9.97. The normalized spacial score (nSPS) is 10.8. The number of ether oxygens (including phenoxy) is 1. The summed E-state index contributed by atoms with van der Waals surface area (Å²) >= 11 is 0. The Morgan fingerprint density at radius 2 is 1.47 bits per heavy atom. The van der Waals surface area contributed by atoms with Crippen LogP contribution >= 0.6 is 0 Å². The fraction of sp³-hybridized carbons (Fsp3) is 0.269. The fourth-order valence-corrected chi connectivity index (χ4v) is 3.21. The van der Waals surface area contributed by atoms with E-state index in [2.05, 4.69) is 0 Å². The molecule has 0 aliphatic heterocycles. The third-order valence-corrected chi connectivity index (χ3v) is 4.93. The van der Waals surface area contributed by atoms with Gasteiger partial charge in [0.25, 0.3) is 0 Å². The van der Waals surface area contributed by atoms with Crippen molar-refractivity contribution >= 4 is 11.9 Å². The average molecular weight is 439 g/mol. The molecule has 0 aromatic heterocycles. The summed E-state index contributed by atoms with van der Waals surface area (Å²) < 4.78 is 5.34. The van der Waals surface area contributed by atoms with Gasteiger partial charge in [-0.15, -0.1) is 0 Å². The van der Waals surface area contributed by atoms with Crippen LogP contribution in [0.2, 0.25) is 0 Å². The van der Waals surface area contributed by atoms with Gasteiger partial charge in [0.1, 0.15) is 22.8 Å². The number of carbonyl (C=O) groups excluding carboxylic acids is 1. The van der Waals surface area contributed by atoms with E-state index >= 15 is 0 Å². The van der Waals surface area contributed by atoms with Crippen LogP contribution in [0.3, 0.4) is 0 Å². The lowest BCUT2D eigenvalue weighted by Gasteiger charge is -2.13. The van der Waals surface area contributed by atoms with Crippen LogP contribution in [0.4, 0.5) is 0 Å². The van der Waals surface area contributed by atoms with E-state index < -0.39 is 17.3 Å². The number of carbonyl (C=O) groups is 1. The number of phenols is 4. The van der Waals surface area contributed by atoms with Crippen LogP contribution in [0.25, 0.3) is 6.08 Å². The van der Waals surface area contributed by atoms with Crippen molar-refractivity contribution in [1.82, 2.24) is 0 Å². The molecule has 0 spiro atoms. The fourth-order valence-electron chi connectivity index (χ4n) is 3.21. The van der Waals surface area contributed by atoms with E-state index in [1.807, 2.05) is 33.8 Å². The summed E-state index contributed by atoms with van der Waals surface area (Å²) in [5.41, 5.74) is 3.29. The largest absolute Gasteiger partial charge is 0.507 e. The van der Waals surface area contributed by atoms with E-state index in [4.69, 9.17) is 4.74 Å². The Labute approximate surface area is 188 Å². The first-order valence-corrected chi connectivity index (χ1v) is 10.2. The molecule has 0 aliphatic rings. The Morgan fingerprint density at radius 3 is 2.03 bits per heavy atom. The number of rotatable bonds is 8. The molecule has 6 nitrogen and oxygen atoms in total. The summed E-state index contributed by atoms with van der Waals surface area (Å²) in [6, 6.07) is 4.19. The zero-order chi connectivity index (χ0) is 24.0. The standard InChI is InChI=1S/C26H30O6/c1-15(2)6-10-18-17(9-13-21(28)26(18)32-5)8-12-20(27)24-23(30)14-22(29)19(25(24)31)11-7-16(3)4/h6-9,12-14,28-31H,10-11H2,1-5H3/b12-8+. The van der Waals surface area contributed by atoms with Gasteiger partial charge >= 0.3 is 0 Å². The predicted octanol–water partition coefficient (Wildman–Crippen LogP) is 5.43. The van der Waals surface area contributed by atoms with Crippen molar-refractivity contribution in [3.63, 3.8) is 0 Å². The van der Waals surface area contributed by atoms with Crippen LogP contribution in [0.5, 0.6) is 28.7 Å². The molecule has 170 valence electrons. The molecule has 0 amide bonds. The average Bonchev–Trinajstić information content (AvgIpc) is 2.70. The van der Waals surface area contributed by atoms with E-state index in [9.17, 15) is 25.2 Å². The minimum Gasteiger partial charge on any atom is -0.507 e. The zero-order valence-corrected chi connectivity index (χ0v) is 19.1. The number of ketones is 1. The van der Waals surface area contributed by atoms with E-state index in [-0.39, 0.29) is 29.0 Å². The van der Waals surface area contributed by atoms with Crippen molar-refractivity contribution in [2.45, 2.75) is 40.5 Å². The number of hydrogen-bond acceptors (Lipinski definition) is 6. The molecule has 0 saturated heterocycles. The molecule has 0 unspecified atom stereocenters. The summed E-state index contributed by atoms with van der Waals surface area (Å²) in [6.07, 6.45) is 7.24. The second-order valence-corrected chi connectivity index (χ2v) is 7.97. The smallest absolute Gasteiger partial charge is 0.193 e. The maximum Gasteiger partial charge on any atom is 0.193 e. The molecule has 0 saturated carbocycles. The molecule has 32 heavy (non-hydrogen) atoms. The minimum atomic E-state index is -0.626. The van der Waals surface area contributed by atoms with E-state index in [0.29, 0.717) is 23.3 Å². The second-order valence-electron chi connectivity index (χ2n) is 7.97. The van der Waals surface area contributed by atoms with Gasteiger partial charge in [-0.05, 0) is 58.2 Å². The van der Waals surface area contributed by atoms with Crippen LogP contribution in [0.15, 0.2) is 47.6 Å². The number of aromatic hydroxyl groups is 4. The molecular formula is C26H30O6. The lowest BCUT2D eigenvalue weighted by molar-refractivity contribution is 0.104. The van der Waals surface area contributed by atoms with Crippen LogP contribution in [-0.2, 0) is 12.8 Å². The molecule has 2 rings (SSSR count). The summed E-state index contributed by atoms with van der Waals surface area (Å²) in [7, 11) is 1.46. The monoisotopic (exact) mass is 438 g/mol. The molecule has 0 fully saturated rings. The van der Waals surface area contributed by atoms with Gasteiger partial charge in [-0.1, -0.05) is 35.4 Å². The number of benzene rings is 2. The van der Waals surface area contributed by atoms with Gasteiger partial charge in [0.05, 0.1) is 7.11 Å². The lowest BCUT2D eigenvalue weighted by Crippen LogP contribution is -2.00. The summed E-state index contributed by atoms with van der Waals surface area (Å²) in [6.45, 7) is 7.67. The number of methoxy groups -OCH3 is 1. The Hall–Kier alpha value is -3.67. The maximum absolute atomic E-state index is 12.9. The van der Waals surface area contributed by atoms with Gasteiger partial charge in [-0.2, -0.15) is 0 Å². The highest BCUT2D eigenvalue weighted by molar-refractivity contribution is 6.11. The number of allylic oxidation sites excluding steroid dienone is 5. The third kappa shape index (κ3) is 5.72. The molecule has 0 bridgehead atoms. The van der Waals surface area contributed by atoms with Gasteiger partial charge < -0.3 is 25.2 Å². The van der Waals surface area contributed by atoms with Crippen molar-refractivity contribution < 1.29 is 30.0 Å². The topological polar surface area (TPSA) is 107 Å². The Morgan fingerprint density at radius 1 is 0.875 bits per heavy atom. The van der Waals surface area contributed by atoms with Gasteiger partial charge in [0, 0.05) is 17.2 Å². The first-order chi connectivity index (χ1) is 15.1. The van der Waals surface area contributed by atoms with Gasteiger partial charge in [0.15, 0.2) is 17.3 Å². The molecule has 0 atom stereocenters. The number of phenolic OH excluding ortho intramolecular Hbond substituents is 4. The van der Waals surface area contributed by atoms with Gasteiger partial charge in [-0.3, -0.25) is 4.79 Å². The van der Waals surface area contributed by atoms with Crippen molar-refractivity contribution in [3.8, 4) is 28.7 Å². The SMILES string of the molecule is COc1c(O)ccc(/C=C/C(=O)c2c(O)cc(O)c(CC=C(C)C)c2O)c1CC=C(C)C. The molecule has 6 heteroatoms. The quantitative estimate of drug-likeness (QED) is 0.249. The zero-order valence-electron chi connectivity index (χ0n) is 19.1. The molecule has 0 radical (unpaired) electrons. The molecule has 0 aliphatic carbocycles. The maximum atomic E-state index is 12.9. The molecule has 2 aromatic rings. The van der Waals surface area contributed by atoms with Crippen molar-refractivity contribution in [3.05, 3.63) is 69.8 Å². The predicted molar refractivity (Wildman–Crippen MR) is 126 cm³/mol. The van der Waals surface area contributed by atoms with E-state index in [1.165, 1.54) is 19.3 Å². The minimum absolute atomic E-state index is 0.00845. The van der Waals surface area contributed by atoms with Gasteiger partial charge in [0.2, 0.25) is 0 Å². The van der Waals surface area contributed by atoms with Gasteiger partial charge in [-0.25, -0.2) is 0 Å². The highest BCUT2D eigenvalue weighted by Crippen LogP contribution is 2.39. The highest BCUT2D eigenvalue weighted by atomic mass is 16.5. The Bertz CT molecular complexity index is 1100. The van der Waals surface area contributed by atoms with Crippen LogP contribution in [0.1, 0.15) is 54.7 Å². The van der Waals surface area contributed by atoms with Crippen LogP contribution in [-0.4, -0.2) is 33.3 Å². The highest BCUT2D eigenvalue weighted by Gasteiger charge is 2.21. The molecule has 2 aromatic carbocycles. The van der Waals surface area contributed by atoms with Crippen molar-refractivity contribution in [1.29, 1.82) is 0 Å². The van der Waals surface area contributed by atoms with E-state index in [1.54, 1.807) is 18.2 Å². The Balaban J connectivity index is 2.50. The summed E-state index contributed by atoms with van der Waals surface area (Å²) in [5, 5.41) is 41.0. The first-order valence-electron chi connectivity index (χ1n) is 10.2. The summed E-state index contributed by atoms with van der Waals surface area (Å²) in [4.78, 5) is 12.9. The third-order valence-electron chi connectivity index (χ3n) is 4.93. The second kappa shape index (κ2) is 10.6. The van der Waals surface area contributed by atoms with Crippen LogP contribution in [0, 0.1) is 0 Å². The Kier molecular flexibility index (Phi) is 8.13. The van der Waals surface area contributed by atoms with E-state index in [0.717, 1.165) is 17.2 Å². The van der Waals surface area contributed by atoms with Crippen LogP contribution < -0.4 is 4.74 Å². The van der Waals surface area contributed by atoms with Crippen molar-refractivity contribution in [2.24, 2.45) is 0 Å². The molecule has 4 N–H and O–H groups in total. The van der Waals surface area contributed by atoms with Crippen molar-refractivity contribution in [2.75, 3.05) is 7.11 Å². The molecular weight excluding hydrogens is 408 g/mol.